The van der Waals surface area contributed by atoms with E-state index in [1.165, 1.54) is 239 Å². The molecule has 6 saturated carbocycles. The van der Waals surface area contributed by atoms with Crippen molar-refractivity contribution in [3.63, 3.8) is 0 Å². The number of fused-ring (bicyclic) bond motifs is 10. The molecule has 0 unspecified atom stereocenters. The Kier molecular flexibility index (Phi) is 31.5. The van der Waals surface area contributed by atoms with Crippen LogP contribution in [0.3, 0.4) is 0 Å². The van der Waals surface area contributed by atoms with E-state index < -0.39 is 12.3 Å². The van der Waals surface area contributed by atoms with Crippen LogP contribution in [0.5, 0.6) is 11.5 Å². The highest BCUT2D eigenvalue weighted by molar-refractivity contribution is 7.16. The van der Waals surface area contributed by atoms with Gasteiger partial charge in [-0.1, -0.05) is 221 Å². The molecule has 0 spiro atoms. The van der Waals surface area contributed by atoms with Gasteiger partial charge in [0.1, 0.15) is 23.7 Å². The SMILES string of the molecule is Cc1sc(-c2ccc(OCCCCCCCCCCCOC(=O)O[C@@H]3CC[C@@]4(C)C(=CC[C@H]5[C@@H]6CC[C@H]([C@H](C)CCCC(C)C)[C@@]6(C)CC[C@@H]54)C3)cc2)cc1C1=C(c2cc(-c3ccc(OCCCCCCCCCCCOC(=O)O[C@@H]4CC[C@@]5(C)C(=CC[C@H]6[C@@H]7CC[C@H]([C@H](C)CCCC(C)C)[C@@]7(C)CC[C@@H]65)C4)cc3)sc2C)CCC1. The number of benzene rings is 2. The van der Waals surface area contributed by atoms with Gasteiger partial charge in [-0.3, -0.25) is 0 Å². The summed E-state index contributed by atoms with van der Waals surface area (Å²) in [5, 5.41) is 0. The van der Waals surface area contributed by atoms with Crippen molar-refractivity contribution in [2.45, 2.75) is 371 Å². The molecule has 115 heavy (non-hydrogen) atoms. The molecule has 6 fully saturated rings. The van der Waals surface area contributed by atoms with Crippen molar-refractivity contribution >= 4 is 46.1 Å². The fraction of sp³-hybridized carbons (Fsp3) is 0.733. The van der Waals surface area contributed by atoms with E-state index in [1.807, 2.05) is 22.7 Å². The van der Waals surface area contributed by atoms with E-state index in [2.05, 4.69) is 156 Å². The molecular weight excluding hydrogens is 1450 g/mol. The fourth-order valence-corrected chi connectivity index (χ4v) is 28.1. The molecule has 0 radical (unpaired) electrons. The molecule has 2 aromatic heterocycles. The van der Waals surface area contributed by atoms with E-state index in [0.717, 1.165) is 186 Å². The molecule has 16 atom stereocenters. The first kappa shape index (κ1) is 88.0. The molecule has 4 aromatic rings. The molecule has 0 bridgehead atoms. The number of carbonyl (C=O) groups excluding carboxylic acids is 2. The van der Waals surface area contributed by atoms with Crippen molar-refractivity contribution < 1.29 is 38.0 Å². The minimum absolute atomic E-state index is 0.0474. The molecule has 2 aromatic carbocycles. The Balaban J connectivity index is 0.437. The van der Waals surface area contributed by atoms with Crippen LogP contribution in [-0.4, -0.2) is 50.9 Å². The van der Waals surface area contributed by atoms with E-state index in [0.29, 0.717) is 24.0 Å². The van der Waals surface area contributed by atoms with Gasteiger partial charge in [-0.25, -0.2) is 9.59 Å². The summed E-state index contributed by atoms with van der Waals surface area (Å²) in [7, 11) is 0. The second kappa shape index (κ2) is 41.2. The molecule has 0 aliphatic heterocycles. The average Bonchev–Trinajstić information content (AvgIpc) is 1.68. The van der Waals surface area contributed by atoms with E-state index >= 15 is 0 Å². The molecule has 0 saturated heterocycles. The molecule has 0 amide bonds. The number of carbonyl (C=O) groups is 2. The molecule has 13 rings (SSSR count). The minimum Gasteiger partial charge on any atom is -0.494 e. The molecule has 9 aliphatic rings. The lowest BCUT2D eigenvalue weighted by atomic mass is 9.47. The summed E-state index contributed by atoms with van der Waals surface area (Å²) >= 11 is 3.83. The molecule has 10 heteroatoms. The van der Waals surface area contributed by atoms with E-state index in [9.17, 15) is 9.59 Å². The maximum absolute atomic E-state index is 12.9. The summed E-state index contributed by atoms with van der Waals surface area (Å²) in [6.07, 6.45) is 56.7. The molecule has 2 heterocycles. The Labute approximate surface area is 707 Å². The lowest BCUT2D eigenvalue weighted by Crippen LogP contribution is -2.51. The van der Waals surface area contributed by atoms with Gasteiger partial charge in [0.15, 0.2) is 0 Å². The Morgan fingerprint density at radius 3 is 1.16 bits per heavy atom. The predicted octanol–water partition coefficient (Wildman–Crippen LogP) is 31.8. The summed E-state index contributed by atoms with van der Waals surface area (Å²) in [5.74, 6) is 12.0. The standard InChI is InChI=1S/C105H156O8S2/c1-72(2)34-31-36-74(5)92-52-54-94-88-50-44-80-68-84(56-60-102(80,9)96(88)58-62-104(92,94)11)112-100(106)110-66-29-25-21-17-13-15-19-23-27-64-108-82-46-40-78(41-47-82)98-70-90(76(7)114-98)86-38-33-39-87(86)91-71-99(115-77(91)8)79-42-48-83(49-43-79)109-65-28-24-20-16-14-18-22-26-30-67-111-101(107)113-85-57-61-103(10)81(69-85)45-51-89-95-55-53-93(75(6)37-32-35-73(3)4)105(95,12)63-59-97(89)103/h40-49,70-75,84-85,88-89,92-97H,13-39,50-69H2,1-12H3/t74-,75-,84-,85-,88+,89+,92-,93-,94+,95+,96+,97+,102+,103+,104-,105-/m1/s1. The van der Waals surface area contributed by atoms with Crippen molar-refractivity contribution in [3.05, 3.63) is 105 Å². The van der Waals surface area contributed by atoms with Crippen LogP contribution >= 0.6 is 22.7 Å². The van der Waals surface area contributed by atoms with Crippen LogP contribution in [0.15, 0.2) is 84.0 Å². The van der Waals surface area contributed by atoms with Gasteiger partial charge < -0.3 is 28.4 Å². The van der Waals surface area contributed by atoms with Crippen LogP contribution < -0.4 is 9.47 Å². The van der Waals surface area contributed by atoms with Crippen LogP contribution in [0.4, 0.5) is 9.59 Å². The molecule has 636 valence electrons. The van der Waals surface area contributed by atoms with Crippen molar-refractivity contribution in [3.8, 4) is 32.4 Å². The second-order valence-electron chi connectivity index (χ2n) is 40.8. The van der Waals surface area contributed by atoms with Gasteiger partial charge in [0.05, 0.1) is 26.4 Å². The third-order valence-corrected chi connectivity index (χ3v) is 34.8. The summed E-state index contributed by atoms with van der Waals surface area (Å²) in [4.78, 5) is 31.3. The first-order chi connectivity index (χ1) is 55.6. The summed E-state index contributed by atoms with van der Waals surface area (Å²) in [6.45, 7) is 32.3. The van der Waals surface area contributed by atoms with E-state index in [4.69, 9.17) is 28.4 Å². The number of allylic oxidation sites excluding steroid dienone is 4. The van der Waals surface area contributed by atoms with Gasteiger partial charge >= 0.3 is 12.3 Å². The third kappa shape index (κ3) is 21.6. The Morgan fingerprint density at radius 1 is 0.417 bits per heavy atom. The largest absolute Gasteiger partial charge is 0.508 e. The normalized spacial score (nSPS) is 29.4. The lowest BCUT2D eigenvalue weighted by molar-refractivity contribution is -0.0617. The third-order valence-electron chi connectivity index (χ3n) is 32.6. The average molecular weight is 1610 g/mol. The van der Waals surface area contributed by atoms with Gasteiger partial charge in [0.2, 0.25) is 0 Å². The zero-order chi connectivity index (χ0) is 80.7. The summed E-state index contributed by atoms with van der Waals surface area (Å²) in [5.41, 5.74) is 13.1. The summed E-state index contributed by atoms with van der Waals surface area (Å²) < 4.78 is 35.8. The highest BCUT2D eigenvalue weighted by atomic mass is 32.1. The zero-order valence-electron chi connectivity index (χ0n) is 74.3. The van der Waals surface area contributed by atoms with Crippen molar-refractivity contribution in [1.29, 1.82) is 0 Å². The first-order valence-corrected chi connectivity index (χ1v) is 49.7. The van der Waals surface area contributed by atoms with Crippen molar-refractivity contribution in [1.82, 2.24) is 0 Å². The molecule has 9 aliphatic carbocycles. The number of aryl methyl sites for hydroxylation is 2. The van der Waals surface area contributed by atoms with Gasteiger partial charge in [0.25, 0.3) is 0 Å². The van der Waals surface area contributed by atoms with Crippen molar-refractivity contribution in [2.75, 3.05) is 26.4 Å². The van der Waals surface area contributed by atoms with Crippen molar-refractivity contribution in [2.24, 2.45) is 92.7 Å². The Morgan fingerprint density at radius 2 is 0.783 bits per heavy atom. The number of thiophene rings is 2. The molecule has 8 nitrogen and oxygen atoms in total. The Hall–Kier alpha value is -4.80. The topological polar surface area (TPSA) is 89.5 Å². The maximum atomic E-state index is 12.9. The van der Waals surface area contributed by atoms with Crippen LogP contribution in [0.2, 0.25) is 0 Å². The van der Waals surface area contributed by atoms with Crippen LogP contribution in [-0.2, 0) is 18.9 Å². The number of ether oxygens (including phenoxy) is 6. The number of rotatable bonds is 42. The summed E-state index contributed by atoms with van der Waals surface area (Å²) in [6, 6.07) is 22.5. The van der Waals surface area contributed by atoms with E-state index in [-0.39, 0.29) is 23.0 Å². The lowest BCUT2D eigenvalue weighted by Gasteiger charge is -2.58. The number of hydrogen-bond acceptors (Lipinski definition) is 10. The second-order valence-corrected chi connectivity index (χ2v) is 43.3. The zero-order valence-corrected chi connectivity index (χ0v) is 76.0. The fourth-order valence-electron chi connectivity index (χ4n) is 26.0. The quantitative estimate of drug-likeness (QED) is 0.0246. The highest BCUT2D eigenvalue weighted by Crippen LogP contribution is 2.70. The van der Waals surface area contributed by atoms with Gasteiger partial charge in [0, 0.05) is 32.4 Å². The number of hydrogen-bond donors (Lipinski definition) is 0. The predicted molar refractivity (Wildman–Crippen MR) is 482 cm³/mol. The van der Waals surface area contributed by atoms with Crippen LogP contribution in [0, 0.1) is 107 Å². The smallest absolute Gasteiger partial charge is 0.494 e. The first-order valence-electron chi connectivity index (χ1n) is 48.1. The van der Waals surface area contributed by atoms with E-state index in [1.54, 1.807) is 11.1 Å². The number of unbranched alkanes of at least 4 members (excludes halogenated alkanes) is 16. The minimum atomic E-state index is -0.459. The van der Waals surface area contributed by atoms with Gasteiger partial charge in [-0.15, -0.1) is 22.7 Å². The van der Waals surface area contributed by atoms with Crippen LogP contribution in [0.1, 0.15) is 366 Å². The van der Waals surface area contributed by atoms with Crippen LogP contribution in [0.25, 0.3) is 32.0 Å². The maximum Gasteiger partial charge on any atom is 0.508 e. The van der Waals surface area contributed by atoms with Gasteiger partial charge in [-0.05, 0) is 335 Å². The highest BCUT2D eigenvalue weighted by Gasteiger charge is 2.61. The van der Waals surface area contributed by atoms with Gasteiger partial charge in [-0.2, -0.15) is 0 Å². The Bertz CT molecular complexity index is 3590. The molecular formula is C105H156O8S2. The monoisotopic (exact) mass is 1610 g/mol. The molecule has 0 N–H and O–H groups in total.